The molecule has 3 aromatic rings. The largest absolute Gasteiger partial charge is 0.522 e. The zero-order chi connectivity index (χ0) is 32.4. The highest BCUT2D eigenvalue weighted by molar-refractivity contribution is 5.88. The Balaban J connectivity index is 2.14. The van der Waals surface area contributed by atoms with E-state index in [1.165, 1.54) is 12.1 Å². The predicted molar refractivity (Wildman–Crippen MR) is 131 cm³/mol. The van der Waals surface area contributed by atoms with Crippen LogP contribution in [0.4, 0.5) is 43.9 Å². The summed E-state index contributed by atoms with van der Waals surface area (Å²) >= 11 is 0. The highest BCUT2D eigenvalue weighted by Crippen LogP contribution is 2.40. The molecule has 2 aliphatic carbocycles. The van der Waals surface area contributed by atoms with Crippen LogP contribution >= 0.6 is 0 Å². The van der Waals surface area contributed by atoms with Gasteiger partial charge in [-0.1, -0.05) is 6.08 Å². The Hall–Kier alpha value is -5.86. The van der Waals surface area contributed by atoms with Crippen molar-refractivity contribution in [3.05, 3.63) is 125 Å². The molecule has 2 aliphatic rings. The van der Waals surface area contributed by atoms with Crippen LogP contribution in [0.3, 0.4) is 0 Å². The highest BCUT2D eigenvalue weighted by atomic mass is 19.2. The molecule has 0 N–H and O–H groups in total. The van der Waals surface area contributed by atoms with Gasteiger partial charge in [0.25, 0.3) is 0 Å². The van der Waals surface area contributed by atoms with Gasteiger partial charge >= 0.3 is 5.82 Å². The number of hydrogen-bond acceptors (Lipinski definition) is 2. The average Bonchev–Trinajstić information content (AvgIpc) is 3.64. The summed E-state index contributed by atoms with van der Waals surface area (Å²) in [5, 5.41) is 17.7. The van der Waals surface area contributed by atoms with Gasteiger partial charge in [-0.05, 0) is 50.8 Å². The molecule has 44 heavy (non-hydrogen) atoms. The van der Waals surface area contributed by atoms with Crippen molar-refractivity contribution in [2.24, 2.45) is 0 Å². The summed E-state index contributed by atoms with van der Waals surface area (Å²) in [4.78, 5) is 5.97. The first-order valence-corrected chi connectivity index (χ1v) is 11.8. The number of hydrogen-bond donors (Lipinski definition) is 0. The van der Waals surface area contributed by atoms with Gasteiger partial charge in [0.1, 0.15) is 30.9 Å². The van der Waals surface area contributed by atoms with Crippen LogP contribution in [0.2, 0.25) is 0 Å². The van der Waals surface area contributed by atoms with Gasteiger partial charge < -0.3 is 0 Å². The number of halogens is 10. The third kappa shape index (κ3) is 3.96. The lowest BCUT2D eigenvalue weighted by Crippen LogP contribution is -2.25. The molecule has 0 amide bonds. The number of nitrogens with zero attached hydrogens (tertiary/aromatic N) is 4. The van der Waals surface area contributed by atoms with Crippen molar-refractivity contribution in [1.82, 2.24) is 0 Å². The molecule has 14 heteroatoms. The maximum atomic E-state index is 15.3. The van der Waals surface area contributed by atoms with E-state index < -0.39 is 126 Å². The van der Waals surface area contributed by atoms with Crippen molar-refractivity contribution < 1.29 is 43.9 Å². The number of benzene rings is 3. The van der Waals surface area contributed by atoms with Crippen molar-refractivity contribution in [3.63, 3.8) is 0 Å². The van der Waals surface area contributed by atoms with Crippen molar-refractivity contribution in [2.75, 3.05) is 0 Å². The number of rotatable bonds is 2. The van der Waals surface area contributed by atoms with Crippen LogP contribution in [-0.2, 0) is 12.8 Å². The first-order valence-electron chi connectivity index (χ1n) is 11.8. The van der Waals surface area contributed by atoms with Crippen LogP contribution in [0.1, 0.15) is 11.1 Å². The molecule has 0 fully saturated rings. The quantitative estimate of drug-likeness (QED) is 0.109. The Morgan fingerprint density at radius 1 is 0.523 bits per heavy atom. The molecule has 4 nitrogen and oxygen atoms in total. The van der Waals surface area contributed by atoms with E-state index in [0.29, 0.717) is 0 Å². The minimum Gasteiger partial charge on any atom is -0.203 e. The molecule has 0 aromatic heterocycles. The molecule has 0 bridgehead atoms. The molecule has 0 aliphatic heterocycles. The van der Waals surface area contributed by atoms with Crippen LogP contribution in [0.15, 0.2) is 22.5 Å². The van der Waals surface area contributed by atoms with E-state index in [0.717, 1.165) is 12.2 Å². The molecule has 0 saturated heterocycles. The fourth-order valence-corrected chi connectivity index (χ4v) is 5.27. The zero-order valence-electron chi connectivity index (χ0n) is 21.1. The van der Waals surface area contributed by atoms with E-state index in [2.05, 4.69) is 9.69 Å². The summed E-state index contributed by atoms with van der Waals surface area (Å²) in [6.45, 7) is 14.5. The summed E-state index contributed by atoms with van der Waals surface area (Å²) in [5.74, 6) is -24.7. The summed E-state index contributed by atoms with van der Waals surface area (Å²) in [6.07, 6.45) is 0.367. The van der Waals surface area contributed by atoms with Crippen LogP contribution in [-0.4, -0.2) is 0 Å². The van der Waals surface area contributed by atoms with Gasteiger partial charge in [0.2, 0.25) is 11.6 Å². The van der Waals surface area contributed by atoms with Gasteiger partial charge in [-0.25, -0.2) is 43.9 Å². The summed E-state index contributed by atoms with van der Waals surface area (Å²) in [6, 6.07) is 3.02. The second-order valence-electron chi connectivity index (χ2n) is 9.26. The molecule has 0 atom stereocenters. The molecular formula is C30H6F10N4. The maximum absolute atomic E-state index is 15.3. The van der Waals surface area contributed by atoms with Crippen molar-refractivity contribution >= 4 is 12.2 Å². The molecule has 0 heterocycles. The Labute approximate surface area is 239 Å². The van der Waals surface area contributed by atoms with Crippen LogP contribution in [0.25, 0.3) is 44.1 Å². The van der Waals surface area contributed by atoms with Crippen molar-refractivity contribution in [2.45, 2.75) is 12.8 Å². The normalized spacial score (nSPS) is 12.8. The Morgan fingerprint density at radius 3 is 1.18 bits per heavy atom. The first-order chi connectivity index (χ1) is 20.8. The minimum absolute atomic E-state index is 0.269. The molecule has 0 saturated carbocycles. The fourth-order valence-electron chi connectivity index (χ4n) is 5.27. The standard InChI is InChI=1S/C30H6F10N4/c1-43-30(44-2)10-5-14-15(6-10)17(19-22(33)26(37)29(40)27(38)23(19)34)13-4-9(11(7-41)8-42)3-12(13)16(14)18-20(31)24(35)28(39)25(36)21(18)32/h3,6H,4-5H2. The number of nitriles is 2. The average molecular weight is 612 g/mol. The third-order valence-corrected chi connectivity index (χ3v) is 7.13. The third-order valence-electron chi connectivity index (χ3n) is 7.13. The van der Waals surface area contributed by atoms with Crippen LogP contribution < -0.4 is 10.4 Å². The van der Waals surface area contributed by atoms with E-state index in [1.807, 2.05) is 0 Å². The van der Waals surface area contributed by atoms with Gasteiger partial charge in [0.05, 0.1) is 16.7 Å². The topological polar surface area (TPSA) is 56.3 Å². The Morgan fingerprint density at radius 2 is 0.841 bits per heavy atom. The van der Waals surface area contributed by atoms with Gasteiger partial charge in [-0.3, -0.25) is 0 Å². The molecule has 216 valence electrons. The van der Waals surface area contributed by atoms with Gasteiger partial charge in [-0.2, -0.15) is 20.2 Å². The van der Waals surface area contributed by atoms with E-state index in [-0.39, 0.29) is 11.1 Å². The zero-order valence-corrected chi connectivity index (χ0v) is 21.1. The van der Waals surface area contributed by atoms with Crippen molar-refractivity contribution in [1.29, 1.82) is 10.5 Å². The van der Waals surface area contributed by atoms with Gasteiger partial charge in [-0.15, -0.1) is 0 Å². The van der Waals surface area contributed by atoms with E-state index in [9.17, 15) is 36.9 Å². The molecule has 0 radical (unpaired) electrons. The minimum atomic E-state index is -2.52. The van der Waals surface area contributed by atoms with Gasteiger partial charge in [0, 0.05) is 6.42 Å². The molecular weight excluding hydrogens is 606 g/mol. The predicted octanol–water partition coefficient (Wildman–Crippen LogP) is 6.48. The first kappa shape index (κ1) is 29.6. The lowest BCUT2D eigenvalue weighted by molar-refractivity contribution is 0.381. The van der Waals surface area contributed by atoms with Crippen molar-refractivity contribution in [3.8, 4) is 34.4 Å². The molecule has 0 spiro atoms. The smallest absolute Gasteiger partial charge is 0.203 e. The summed E-state index contributed by atoms with van der Waals surface area (Å²) in [5.41, 5.74) is -6.91. The van der Waals surface area contributed by atoms with Gasteiger partial charge in [0.15, 0.2) is 46.5 Å². The fraction of sp³-hybridized carbons (Fsp3) is 0.0667. The summed E-state index contributed by atoms with van der Waals surface area (Å²) < 4.78 is 147. The lowest BCUT2D eigenvalue weighted by atomic mass is 9.86. The van der Waals surface area contributed by atoms with E-state index in [4.69, 9.17) is 13.1 Å². The van der Waals surface area contributed by atoms with E-state index in [1.54, 1.807) is 0 Å². The summed E-state index contributed by atoms with van der Waals surface area (Å²) in [7, 11) is 0. The Bertz CT molecular complexity index is 2020. The number of fused-ring (bicyclic) bond motifs is 2. The second kappa shape index (κ2) is 10.4. The number of allylic oxidation sites excluding steroid dienone is 3. The maximum Gasteiger partial charge on any atom is 0.522 e. The highest BCUT2D eigenvalue weighted by Gasteiger charge is 2.37. The second-order valence-corrected chi connectivity index (χ2v) is 9.26. The van der Waals surface area contributed by atoms with Crippen LogP contribution in [0, 0.1) is 94.0 Å². The molecule has 5 rings (SSSR count). The van der Waals surface area contributed by atoms with E-state index >= 15 is 17.6 Å². The SMILES string of the molecule is [C-]#[N+]C([N+]#[C-])=C1C=c2c(c(-c3c(F)c(F)c(F)c(F)c3F)c3c(c2-c2c(F)c(F)c(F)c(F)c2F)CC(=C(C#N)C#N)C=3)C1. The van der Waals surface area contributed by atoms with Crippen LogP contribution in [0.5, 0.6) is 0 Å². The Kier molecular flexibility index (Phi) is 7.03. The lowest BCUT2D eigenvalue weighted by Gasteiger charge is -2.18. The monoisotopic (exact) mass is 612 g/mol. The molecule has 0 unspecified atom stereocenters. The molecule has 3 aromatic carbocycles.